The van der Waals surface area contributed by atoms with Crippen molar-refractivity contribution in [3.63, 3.8) is 0 Å². The lowest BCUT2D eigenvalue weighted by atomic mass is 10.0. The molecule has 1 N–H and O–H groups in total. The maximum Gasteiger partial charge on any atom is 0.127 e. The molecule has 0 aliphatic heterocycles. The molecule has 0 spiro atoms. The van der Waals surface area contributed by atoms with Gasteiger partial charge in [0.15, 0.2) is 0 Å². The monoisotopic (exact) mass is 339 g/mol. The summed E-state index contributed by atoms with van der Waals surface area (Å²) in [5.41, 5.74) is 1.56. The SMILES string of the molecule is CCNC(c1cc2sccc2s1)c1cc(C)c(F)cc1Cl. The summed E-state index contributed by atoms with van der Waals surface area (Å²) in [7, 11) is 0. The molecule has 2 heterocycles. The Kier molecular flexibility index (Phi) is 4.31. The highest BCUT2D eigenvalue weighted by Crippen LogP contribution is 2.38. The number of fused-ring (bicyclic) bond motifs is 1. The van der Waals surface area contributed by atoms with E-state index in [-0.39, 0.29) is 11.9 Å². The third kappa shape index (κ3) is 2.86. The van der Waals surface area contributed by atoms with Gasteiger partial charge in [-0.05, 0) is 54.2 Å². The largest absolute Gasteiger partial charge is 0.306 e. The lowest BCUT2D eigenvalue weighted by Crippen LogP contribution is -2.21. The molecule has 0 saturated carbocycles. The smallest absolute Gasteiger partial charge is 0.127 e. The molecule has 0 radical (unpaired) electrons. The van der Waals surface area contributed by atoms with Crippen molar-refractivity contribution >= 4 is 43.7 Å². The summed E-state index contributed by atoms with van der Waals surface area (Å²) >= 11 is 9.78. The van der Waals surface area contributed by atoms with Gasteiger partial charge in [0.05, 0.1) is 6.04 Å². The highest BCUT2D eigenvalue weighted by Gasteiger charge is 2.20. The van der Waals surface area contributed by atoms with E-state index in [4.69, 9.17) is 11.6 Å². The molecule has 1 atom stereocenters. The zero-order chi connectivity index (χ0) is 15.0. The van der Waals surface area contributed by atoms with Crippen LogP contribution in [0.2, 0.25) is 5.02 Å². The van der Waals surface area contributed by atoms with E-state index in [9.17, 15) is 4.39 Å². The molecule has 0 amide bonds. The number of benzene rings is 1. The molecule has 0 fully saturated rings. The first-order chi connectivity index (χ1) is 10.1. The lowest BCUT2D eigenvalue weighted by molar-refractivity contribution is 0.609. The van der Waals surface area contributed by atoms with Crippen LogP contribution in [0.1, 0.15) is 29.0 Å². The van der Waals surface area contributed by atoms with E-state index in [1.807, 2.05) is 6.07 Å². The van der Waals surface area contributed by atoms with Crippen LogP contribution in [-0.4, -0.2) is 6.54 Å². The number of nitrogens with one attached hydrogen (secondary N) is 1. The van der Waals surface area contributed by atoms with Crippen molar-refractivity contribution in [3.8, 4) is 0 Å². The fourth-order valence-corrected chi connectivity index (χ4v) is 4.87. The second-order valence-electron chi connectivity index (χ2n) is 4.91. The molecule has 0 saturated heterocycles. The summed E-state index contributed by atoms with van der Waals surface area (Å²) < 4.78 is 16.2. The van der Waals surface area contributed by atoms with Gasteiger partial charge in [-0.2, -0.15) is 0 Å². The maximum atomic E-state index is 13.6. The summed E-state index contributed by atoms with van der Waals surface area (Å²) in [6.07, 6.45) is 0. The summed E-state index contributed by atoms with van der Waals surface area (Å²) in [6.45, 7) is 4.65. The van der Waals surface area contributed by atoms with E-state index < -0.39 is 0 Å². The minimum Gasteiger partial charge on any atom is -0.306 e. The van der Waals surface area contributed by atoms with Crippen molar-refractivity contribution in [1.82, 2.24) is 5.32 Å². The highest BCUT2D eigenvalue weighted by atomic mass is 35.5. The molecule has 5 heteroatoms. The van der Waals surface area contributed by atoms with Crippen molar-refractivity contribution in [3.05, 3.63) is 56.5 Å². The molecule has 3 rings (SSSR count). The van der Waals surface area contributed by atoms with Crippen molar-refractivity contribution in [1.29, 1.82) is 0 Å². The fourth-order valence-electron chi connectivity index (χ4n) is 2.40. The van der Waals surface area contributed by atoms with Crippen LogP contribution in [0.4, 0.5) is 4.39 Å². The Balaban J connectivity index is 2.09. The molecule has 2 aromatic heterocycles. The van der Waals surface area contributed by atoms with Crippen LogP contribution in [0.3, 0.4) is 0 Å². The number of aryl methyl sites for hydroxylation is 1. The molecule has 1 nitrogen and oxygen atoms in total. The van der Waals surface area contributed by atoms with E-state index in [1.165, 1.54) is 20.3 Å². The third-order valence-corrected chi connectivity index (χ3v) is 5.93. The average Bonchev–Trinajstić information content (AvgIpc) is 3.01. The van der Waals surface area contributed by atoms with Gasteiger partial charge >= 0.3 is 0 Å². The average molecular weight is 340 g/mol. The molecule has 3 aromatic rings. The first kappa shape index (κ1) is 15.0. The zero-order valence-corrected chi connectivity index (χ0v) is 14.1. The Bertz CT molecular complexity index is 749. The third-order valence-electron chi connectivity index (χ3n) is 3.44. The van der Waals surface area contributed by atoms with Gasteiger partial charge in [0, 0.05) is 19.3 Å². The van der Waals surface area contributed by atoms with Crippen molar-refractivity contribution < 1.29 is 4.39 Å². The summed E-state index contributed by atoms with van der Waals surface area (Å²) in [4.78, 5) is 1.21. The molecule has 1 aromatic carbocycles. The second-order valence-corrected chi connectivity index (χ2v) is 7.38. The fraction of sp³-hybridized carbons (Fsp3) is 0.250. The van der Waals surface area contributed by atoms with Gasteiger partial charge in [0.2, 0.25) is 0 Å². The van der Waals surface area contributed by atoms with Crippen LogP contribution in [0.15, 0.2) is 29.6 Å². The zero-order valence-electron chi connectivity index (χ0n) is 11.7. The Morgan fingerprint density at radius 2 is 2.10 bits per heavy atom. The summed E-state index contributed by atoms with van der Waals surface area (Å²) in [5, 5.41) is 6.03. The predicted molar refractivity (Wildman–Crippen MR) is 91.4 cm³/mol. The van der Waals surface area contributed by atoms with E-state index in [2.05, 4.69) is 29.8 Å². The summed E-state index contributed by atoms with van der Waals surface area (Å²) in [6, 6.07) is 7.60. The lowest BCUT2D eigenvalue weighted by Gasteiger charge is -2.19. The number of hydrogen-bond donors (Lipinski definition) is 1. The molecule has 21 heavy (non-hydrogen) atoms. The van der Waals surface area contributed by atoms with Gasteiger partial charge in [0.25, 0.3) is 0 Å². The quantitative estimate of drug-likeness (QED) is 0.637. The van der Waals surface area contributed by atoms with Crippen LogP contribution in [0.5, 0.6) is 0 Å². The van der Waals surface area contributed by atoms with E-state index >= 15 is 0 Å². The highest BCUT2D eigenvalue weighted by molar-refractivity contribution is 7.27. The van der Waals surface area contributed by atoms with E-state index in [0.717, 1.165) is 12.1 Å². The minimum atomic E-state index is -0.258. The Labute approximate surface area is 136 Å². The second kappa shape index (κ2) is 6.05. The van der Waals surface area contributed by atoms with E-state index in [1.54, 1.807) is 29.6 Å². The Morgan fingerprint density at radius 1 is 1.29 bits per heavy atom. The Morgan fingerprint density at radius 3 is 2.81 bits per heavy atom. The number of hydrogen-bond acceptors (Lipinski definition) is 3. The van der Waals surface area contributed by atoms with Crippen LogP contribution >= 0.6 is 34.3 Å². The van der Waals surface area contributed by atoms with Gasteiger partial charge < -0.3 is 5.32 Å². The number of rotatable bonds is 4. The van der Waals surface area contributed by atoms with Crippen LogP contribution in [0.25, 0.3) is 9.40 Å². The van der Waals surface area contributed by atoms with E-state index in [0.29, 0.717) is 10.6 Å². The molecule has 0 bridgehead atoms. The van der Waals surface area contributed by atoms with Crippen molar-refractivity contribution in [2.75, 3.05) is 6.54 Å². The maximum absolute atomic E-state index is 13.6. The van der Waals surface area contributed by atoms with Crippen LogP contribution in [-0.2, 0) is 0 Å². The van der Waals surface area contributed by atoms with Crippen molar-refractivity contribution in [2.24, 2.45) is 0 Å². The van der Waals surface area contributed by atoms with Gasteiger partial charge in [0.1, 0.15) is 5.82 Å². The first-order valence-electron chi connectivity index (χ1n) is 6.76. The van der Waals surface area contributed by atoms with Crippen molar-refractivity contribution in [2.45, 2.75) is 19.9 Å². The minimum absolute atomic E-state index is 0.00593. The van der Waals surface area contributed by atoms with Gasteiger partial charge in [-0.3, -0.25) is 0 Å². The van der Waals surface area contributed by atoms with Gasteiger partial charge in [-0.25, -0.2) is 4.39 Å². The van der Waals surface area contributed by atoms with Crippen LogP contribution in [0, 0.1) is 12.7 Å². The molecule has 0 aliphatic rings. The molecule has 1 unspecified atom stereocenters. The van der Waals surface area contributed by atoms with Crippen LogP contribution < -0.4 is 5.32 Å². The molecular weight excluding hydrogens is 325 g/mol. The predicted octanol–water partition coefficient (Wildman–Crippen LogP) is 5.76. The molecule has 110 valence electrons. The number of halogens is 2. The van der Waals surface area contributed by atoms with Gasteiger partial charge in [-0.15, -0.1) is 22.7 Å². The molecular formula is C16H15ClFNS2. The Hall–Kier alpha value is -0.940. The topological polar surface area (TPSA) is 12.0 Å². The standard InChI is InChI=1S/C16H15ClFNS2/c1-3-19-16(10-6-9(2)12(18)7-11(10)17)15-8-14-13(21-15)4-5-20-14/h4-8,16,19H,3H2,1-2H3. The van der Waals surface area contributed by atoms with Gasteiger partial charge in [-0.1, -0.05) is 18.5 Å². The summed E-state index contributed by atoms with van der Waals surface area (Å²) in [5.74, 6) is -0.258. The normalized spacial score (nSPS) is 13.0. The molecule has 0 aliphatic carbocycles. The first-order valence-corrected chi connectivity index (χ1v) is 8.83. The number of thiophene rings is 2.